The molecule has 4 rings (SSSR count). The molecule has 2 heterocycles. The minimum atomic E-state index is -0.152. The van der Waals surface area contributed by atoms with Crippen molar-refractivity contribution in [1.82, 2.24) is 4.98 Å². The van der Waals surface area contributed by atoms with Crippen LogP contribution in [0.3, 0.4) is 0 Å². The van der Waals surface area contributed by atoms with E-state index in [2.05, 4.69) is 22.4 Å². The van der Waals surface area contributed by atoms with Gasteiger partial charge >= 0.3 is 0 Å². The van der Waals surface area contributed by atoms with Crippen molar-refractivity contribution in [1.29, 1.82) is 0 Å². The van der Waals surface area contributed by atoms with E-state index in [1.165, 1.54) is 16.9 Å². The number of thiazole rings is 1. The van der Waals surface area contributed by atoms with E-state index >= 15 is 0 Å². The van der Waals surface area contributed by atoms with Crippen LogP contribution in [0.4, 0.5) is 5.00 Å². The molecule has 3 nitrogen and oxygen atoms in total. The van der Waals surface area contributed by atoms with Crippen LogP contribution in [-0.2, 0) is 11.2 Å². The number of nitrogens with zero attached hydrogens (tertiary/aromatic N) is 1. The van der Waals surface area contributed by atoms with Gasteiger partial charge < -0.3 is 5.32 Å². The summed E-state index contributed by atoms with van der Waals surface area (Å²) >= 11 is 3.18. The molecule has 1 aromatic heterocycles. The molecule has 120 valence electrons. The quantitative estimate of drug-likeness (QED) is 0.738. The number of hydrogen-bond donors (Lipinski definition) is 1. The molecule has 1 N–H and O–H groups in total. The minimum Gasteiger partial charge on any atom is -0.315 e. The second kappa shape index (κ2) is 6.79. The standard InChI is InChI=1S/C19H16N2OS2/c22-18(17-15-9-5-4-6-13(15)10-11-23-17)21-19-16(20-12-24-19)14-7-2-1-3-8-14/h1-9,12,17H,10-11H2,(H,21,22). The van der Waals surface area contributed by atoms with E-state index < -0.39 is 0 Å². The number of rotatable bonds is 3. The molecule has 0 saturated heterocycles. The van der Waals surface area contributed by atoms with Crippen molar-refractivity contribution in [3.8, 4) is 11.3 Å². The number of benzene rings is 2. The van der Waals surface area contributed by atoms with Gasteiger partial charge in [-0.15, -0.1) is 23.1 Å². The van der Waals surface area contributed by atoms with Crippen LogP contribution >= 0.6 is 23.1 Å². The summed E-state index contributed by atoms with van der Waals surface area (Å²) in [6.07, 6.45) is 1.03. The largest absolute Gasteiger partial charge is 0.315 e. The lowest BCUT2D eigenvalue weighted by atomic mass is 10.0. The normalized spacial score (nSPS) is 16.4. The summed E-state index contributed by atoms with van der Waals surface area (Å²) < 4.78 is 0. The Hall–Kier alpha value is -2.11. The van der Waals surface area contributed by atoms with Crippen molar-refractivity contribution in [2.75, 3.05) is 11.1 Å². The number of thioether (sulfide) groups is 1. The summed E-state index contributed by atoms with van der Waals surface area (Å²) in [5.41, 5.74) is 6.05. The summed E-state index contributed by atoms with van der Waals surface area (Å²) in [4.78, 5) is 17.3. The molecule has 0 radical (unpaired) electrons. The molecule has 0 spiro atoms. The molecule has 1 atom stereocenters. The number of nitrogens with one attached hydrogen (secondary N) is 1. The Kier molecular flexibility index (Phi) is 4.36. The predicted molar refractivity (Wildman–Crippen MR) is 102 cm³/mol. The second-order valence-electron chi connectivity index (χ2n) is 5.59. The van der Waals surface area contributed by atoms with Gasteiger partial charge in [-0.2, -0.15) is 0 Å². The molecule has 3 aromatic rings. The van der Waals surface area contributed by atoms with Gasteiger partial charge in [0.25, 0.3) is 0 Å². The molecule has 0 saturated carbocycles. The molecule has 0 bridgehead atoms. The number of carbonyl (C=O) groups excluding carboxylic acids is 1. The zero-order valence-electron chi connectivity index (χ0n) is 12.9. The average Bonchev–Trinajstić information content (AvgIpc) is 3.10. The van der Waals surface area contributed by atoms with E-state index in [-0.39, 0.29) is 11.2 Å². The molecule has 0 fully saturated rings. The van der Waals surface area contributed by atoms with Crippen LogP contribution in [-0.4, -0.2) is 16.6 Å². The van der Waals surface area contributed by atoms with Crippen LogP contribution in [0, 0.1) is 0 Å². The third-order valence-corrected chi connectivity index (χ3v) is 6.07. The Balaban J connectivity index is 1.60. The summed E-state index contributed by atoms with van der Waals surface area (Å²) in [6.45, 7) is 0. The van der Waals surface area contributed by atoms with Gasteiger partial charge in [-0.05, 0) is 23.3 Å². The maximum atomic E-state index is 12.9. The maximum absolute atomic E-state index is 12.9. The Morgan fingerprint density at radius 1 is 1.08 bits per heavy atom. The topological polar surface area (TPSA) is 42.0 Å². The third kappa shape index (κ3) is 2.97. The van der Waals surface area contributed by atoms with Gasteiger partial charge in [-0.3, -0.25) is 4.79 Å². The highest BCUT2D eigenvalue weighted by Crippen LogP contribution is 2.38. The molecule has 1 amide bonds. The Morgan fingerprint density at radius 3 is 2.75 bits per heavy atom. The lowest BCUT2D eigenvalue weighted by Crippen LogP contribution is -2.22. The second-order valence-corrected chi connectivity index (χ2v) is 7.65. The van der Waals surface area contributed by atoms with Crippen LogP contribution in [0.2, 0.25) is 0 Å². The molecule has 2 aromatic carbocycles. The first-order valence-corrected chi connectivity index (χ1v) is 9.75. The number of hydrogen-bond acceptors (Lipinski definition) is 4. The van der Waals surface area contributed by atoms with Gasteiger partial charge in [-0.25, -0.2) is 4.98 Å². The number of fused-ring (bicyclic) bond motifs is 1. The van der Waals surface area contributed by atoms with E-state index in [0.717, 1.165) is 34.0 Å². The summed E-state index contributed by atoms with van der Waals surface area (Å²) in [5, 5.41) is 3.76. The van der Waals surface area contributed by atoms with E-state index in [1.807, 2.05) is 42.5 Å². The fourth-order valence-corrected chi connectivity index (χ4v) is 4.82. The monoisotopic (exact) mass is 352 g/mol. The maximum Gasteiger partial charge on any atom is 0.242 e. The van der Waals surface area contributed by atoms with Crippen molar-refractivity contribution in [2.45, 2.75) is 11.7 Å². The molecule has 1 unspecified atom stereocenters. The zero-order chi connectivity index (χ0) is 16.4. The lowest BCUT2D eigenvalue weighted by Gasteiger charge is -2.24. The lowest BCUT2D eigenvalue weighted by molar-refractivity contribution is -0.115. The van der Waals surface area contributed by atoms with E-state index in [9.17, 15) is 4.79 Å². The molecular weight excluding hydrogens is 336 g/mol. The summed E-state index contributed by atoms with van der Waals surface area (Å²) in [7, 11) is 0. The van der Waals surface area contributed by atoms with E-state index in [1.54, 1.807) is 17.3 Å². The van der Waals surface area contributed by atoms with Crippen LogP contribution in [0.25, 0.3) is 11.3 Å². The summed E-state index contributed by atoms with van der Waals surface area (Å²) in [6, 6.07) is 18.2. The van der Waals surface area contributed by atoms with Gasteiger partial charge in [0.05, 0.1) is 5.51 Å². The number of anilines is 1. The summed E-state index contributed by atoms with van der Waals surface area (Å²) in [5.74, 6) is 1.01. The minimum absolute atomic E-state index is 0.0357. The van der Waals surface area contributed by atoms with Crippen molar-refractivity contribution >= 4 is 34.0 Å². The van der Waals surface area contributed by atoms with Crippen LogP contribution in [0.15, 0.2) is 60.1 Å². The van der Waals surface area contributed by atoms with Crippen molar-refractivity contribution in [3.05, 3.63) is 71.2 Å². The van der Waals surface area contributed by atoms with Crippen molar-refractivity contribution in [2.24, 2.45) is 0 Å². The fourth-order valence-electron chi connectivity index (χ4n) is 2.93. The number of aromatic nitrogens is 1. The molecular formula is C19H16N2OS2. The molecule has 1 aliphatic rings. The van der Waals surface area contributed by atoms with Gasteiger partial charge in [0.15, 0.2) is 0 Å². The third-order valence-electron chi connectivity index (χ3n) is 4.08. The fraction of sp³-hybridized carbons (Fsp3) is 0.158. The number of carbonyl (C=O) groups is 1. The molecule has 1 aliphatic heterocycles. The van der Waals surface area contributed by atoms with Gasteiger partial charge in [0, 0.05) is 5.56 Å². The van der Waals surface area contributed by atoms with Crippen LogP contribution in [0.1, 0.15) is 16.4 Å². The highest BCUT2D eigenvalue weighted by molar-refractivity contribution is 8.00. The Morgan fingerprint density at radius 2 is 1.88 bits per heavy atom. The first kappa shape index (κ1) is 15.4. The highest BCUT2D eigenvalue weighted by Gasteiger charge is 2.27. The number of aryl methyl sites for hydroxylation is 1. The van der Waals surface area contributed by atoms with Gasteiger partial charge in [-0.1, -0.05) is 54.6 Å². The average molecular weight is 352 g/mol. The van der Waals surface area contributed by atoms with Gasteiger partial charge in [0.1, 0.15) is 15.9 Å². The van der Waals surface area contributed by atoms with Crippen LogP contribution < -0.4 is 5.32 Å². The first-order chi connectivity index (χ1) is 11.8. The Labute approximate surface area is 149 Å². The SMILES string of the molecule is O=C(Nc1scnc1-c1ccccc1)C1SCCc2ccccc21. The number of amides is 1. The highest BCUT2D eigenvalue weighted by atomic mass is 32.2. The molecule has 24 heavy (non-hydrogen) atoms. The van der Waals surface area contributed by atoms with E-state index in [0.29, 0.717) is 0 Å². The van der Waals surface area contributed by atoms with Crippen LogP contribution in [0.5, 0.6) is 0 Å². The predicted octanol–water partition coefficient (Wildman–Crippen LogP) is 4.78. The molecule has 0 aliphatic carbocycles. The zero-order valence-corrected chi connectivity index (χ0v) is 14.6. The molecule has 5 heteroatoms. The Bertz CT molecular complexity index is 861. The van der Waals surface area contributed by atoms with Crippen molar-refractivity contribution < 1.29 is 4.79 Å². The first-order valence-electron chi connectivity index (χ1n) is 7.82. The smallest absolute Gasteiger partial charge is 0.242 e. The van der Waals surface area contributed by atoms with E-state index in [4.69, 9.17) is 0 Å². The van der Waals surface area contributed by atoms with Gasteiger partial charge in [0.2, 0.25) is 5.91 Å². The van der Waals surface area contributed by atoms with Crippen molar-refractivity contribution in [3.63, 3.8) is 0 Å².